The molecule has 0 bridgehead atoms. The molecule has 0 radical (unpaired) electrons. The number of hydrogen-bond acceptors (Lipinski definition) is 4. The van der Waals surface area contributed by atoms with Crippen molar-refractivity contribution in [1.82, 2.24) is 0 Å². The molecule has 18 heavy (non-hydrogen) atoms. The van der Waals surface area contributed by atoms with Gasteiger partial charge in [0.05, 0.1) is 5.56 Å². The van der Waals surface area contributed by atoms with Crippen LogP contribution in [0.5, 0.6) is 0 Å². The molecule has 4 nitrogen and oxygen atoms in total. The van der Waals surface area contributed by atoms with E-state index in [1.165, 1.54) is 6.07 Å². The maximum Gasteiger partial charge on any atom is 0.411 e. The number of carbonyl (C=O) groups is 1. The fourth-order valence-corrected chi connectivity index (χ4v) is 1.20. The Morgan fingerprint density at radius 2 is 2.06 bits per heavy atom. The van der Waals surface area contributed by atoms with Crippen molar-refractivity contribution >= 4 is 11.7 Å². The van der Waals surface area contributed by atoms with E-state index < -0.39 is 25.5 Å². The zero-order valence-corrected chi connectivity index (χ0v) is 9.58. The normalized spacial score (nSPS) is 11.3. The van der Waals surface area contributed by atoms with Gasteiger partial charge in [-0.2, -0.15) is 13.2 Å². The first kappa shape index (κ1) is 14.3. The van der Waals surface area contributed by atoms with Crippen LogP contribution in [-0.4, -0.2) is 25.5 Å². The third-order valence-electron chi connectivity index (χ3n) is 2.13. The van der Waals surface area contributed by atoms with Gasteiger partial charge < -0.3 is 15.2 Å². The van der Waals surface area contributed by atoms with Gasteiger partial charge in [0.15, 0.2) is 6.79 Å². The van der Waals surface area contributed by atoms with E-state index in [2.05, 4.69) is 9.47 Å². The Bertz CT molecular complexity index is 432. The summed E-state index contributed by atoms with van der Waals surface area (Å²) >= 11 is 0. The SMILES string of the molecule is Cc1c(N)cccc1C(=O)OCOCC(F)(F)F. The second kappa shape index (κ2) is 5.72. The monoisotopic (exact) mass is 263 g/mol. The van der Waals surface area contributed by atoms with Crippen molar-refractivity contribution in [3.63, 3.8) is 0 Å². The first-order valence-electron chi connectivity index (χ1n) is 4.98. The number of nitrogen functional groups attached to an aromatic ring is 1. The van der Waals surface area contributed by atoms with Crippen LogP contribution in [-0.2, 0) is 9.47 Å². The average Bonchev–Trinajstić information content (AvgIpc) is 2.26. The molecular weight excluding hydrogens is 251 g/mol. The van der Waals surface area contributed by atoms with Crippen LogP contribution in [0.25, 0.3) is 0 Å². The third-order valence-corrected chi connectivity index (χ3v) is 2.13. The highest BCUT2D eigenvalue weighted by atomic mass is 19.4. The Labute approximate surface area is 101 Å². The average molecular weight is 263 g/mol. The molecule has 0 heterocycles. The van der Waals surface area contributed by atoms with E-state index in [0.29, 0.717) is 11.3 Å². The molecule has 0 fully saturated rings. The first-order chi connectivity index (χ1) is 8.31. The van der Waals surface area contributed by atoms with Crippen molar-refractivity contribution in [2.24, 2.45) is 0 Å². The Morgan fingerprint density at radius 1 is 1.39 bits per heavy atom. The van der Waals surface area contributed by atoms with E-state index >= 15 is 0 Å². The number of hydrogen-bond donors (Lipinski definition) is 1. The van der Waals surface area contributed by atoms with Crippen LogP contribution >= 0.6 is 0 Å². The van der Waals surface area contributed by atoms with Crippen molar-refractivity contribution in [2.45, 2.75) is 13.1 Å². The molecule has 0 saturated heterocycles. The molecule has 0 aliphatic heterocycles. The number of ether oxygens (including phenoxy) is 2. The quantitative estimate of drug-likeness (QED) is 0.392. The number of carbonyl (C=O) groups excluding carboxylic acids is 1. The van der Waals surface area contributed by atoms with E-state index in [1.807, 2.05) is 0 Å². The minimum absolute atomic E-state index is 0.200. The zero-order valence-electron chi connectivity index (χ0n) is 9.58. The molecule has 0 atom stereocenters. The number of halogens is 3. The Hall–Kier alpha value is -1.76. The third kappa shape index (κ3) is 4.25. The van der Waals surface area contributed by atoms with Crippen LogP contribution < -0.4 is 5.73 Å². The summed E-state index contributed by atoms with van der Waals surface area (Å²) in [6.45, 7) is -0.606. The highest BCUT2D eigenvalue weighted by molar-refractivity contribution is 5.92. The number of rotatable bonds is 4. The van der Waals surface area contributed by atoms with E-state index in [9.17, 15) is 18.0 Å². The number of esters is 1. The first-order valence-corrected chi connectivity index (χ1v) is 4.98. The van der Waals surface area contributed by atoms with Crippen LogP contribution in [0.4, 0.5) is 18.9 Å². The molecule has 0 spiro atoms. The molecule has 1 rings (SSSR count). The topological polar surface area (TPSA) is 61.6 Å². The molecule has 1 aromatic rings. The molecule has 0 aromatic heterocycles. The summed E-state index contributed by atoms with van der Waals surface area (Å²) in [5.74, 6) is -0.776. The molecule has 7 heteroatoms. The Morgan fingerprint density at radius 3 is 2.67 bits per heavy atom. The predicted molar refractivity (Wildman–Crippen MR) is 57.9 cm³/mol. The van der Waals surface area contributed by atoms with Crippen molar-refractivity contribution in [3.05, 3.63) is 29.3 Å². The molecular formula is C11H12F3NO3. The predicted octanol–water partition coefficient (Wildman–Crippen LogP) is 2.27. The lowest BCUT2D eigenvalue weighted by molar-refractivity contribution is -0.190. The van der Waals surface area contributed by atoms with E-state index in [1.54, 1.807) is 19.1 Å². The fourth-order valence-electron chi connectivity index (χ4n) is 1.20. The second-order valence-corrected chi connectivity index (χ2v) is 3.53. The van der Waals surface area contributed by atoms with Crippen molar-refractivity contribution in [1.29, 1.82) is 0 Å². The van der Waals surface area contributed by atoms with Crippen molar-refractivity contribution in [3.8, 4) is 0 Å². The number of benzene rings is 1. The lowest BCUT2D eigenvalue weighted by atomic mass is 10.1. The summed E-state index contributed by atoms with van der Waals surface area (Å²) in [6, 6.07) is 4.62. The molecule has 2 N–H and O–H groups in total. The second-order valence-electron chi connectivity index (χ2n) is 3.53. The van der Waals surface area contributed by atoms with Gasteiger partial charge in [-0.1, -0.05) is 6.07 Å². The van der Waals surface area contributed by atoms with E-state index in [-0.39, 0.29) is 5.56 Å². The molecule has 100 valence electrons. The van der Waals surface area contributed by atoms with Gasteiger partial charge in [0.25, 0.3) is 0 Å². The summed E-state index contributed by atoms with van der Waals surface area (Å²) in [6.07, 6.45) is -4.44. The largest absolute Gasteiger partial charge is 0.435 e. The minimum Gasteiger partial charge on any atom is -0.435 e. The van der Waals surface area contributed by atoms with E-state index in [4.69, 9.17) is 5.73 Å². The summed E-state index contributed by atoms with van der Waals surface area (Å²) < 4.78 is 43.9. The van der Waals surface area contributed by atoms with Gasteiger partial charge in [0.2, 0.25) is 0 Å². The Kier molecular flexibility index (Phi) is 4.55. The van der Waals surface area contributed by atoms with Crippen molar-refractivity contribution in [2.75, 3.05) is 19.1 Å². The Balaban J connectivity index is 2.49. The fraction of sp³-hybridized carbons (Fsp3) is 0.364. The molecule has 1 aromatic carbocycles. The van der Waals surface area contributed by atoms with Gasteiger partial charge in [0, 0.05) is 5.69 Å². The number of nitrogens with two attached hydrogens (primary N) is 1. The lowest BCUT2D eigenvalue weighted by Crippen LogP contribution is -2.19. The van der Waals surface area contributed by atoms with Crippen LogP contribution in [0.3, 0.4) is 0 Å². The van der Waals surface area contributed by atoms with Crippen molar-refractivity contribution < 1.29 is 27.4 Å². The number of anilines is 1. The highest BCUT2D eigenvalue weighted by Crippen LogP contribution is 2.17. The maximum atomic E-state index is 11.7. The molecule has 0 amide bonds. The summed E-state index contributed by atoms with van der Waals surface area (Å²) in [4.78, 5) is 11.5. The van der Waals surface area contributed by atoms with Gasteiger partial charge >= 0.3 is 12.1 Å². The van der Waals surface area contributed by atoms with Crippen LogP contribution in [0, 0.1) is 6.92 Å². The van der Waals surface area contributed by atoms with Gasteiger partial charge in [0.1, 0.15) is 6.61 Å². The van der Waals surface area contributed by atoms with Gasteiger partial charge in [-0.3, -0.25) is 0 Å². The van der Waals surface area contributed by atoms with Gasteiger partial charge in [-0.05, 0) is 24.6 Å². The molecule has 0 aliphatic rings. The van der Waals surface area contributed by atoms with E-state index in [0.717, 1.165) is 0 Å². The number of alkyl halides is 3. The minimum atomic E-state index is -4.44. The highest BCUT2D eigenvalue weighted by Gasteiger charge is 2.27. The lowest BCUT2D eigenvalue weighted by Gasteiger charge is -2.10. The van der Waals surface area contributed by atoms with Gasteiger partial charge in [-0.25, -0.2) is 4.79 Å². The standard InChI is InChI=1S/C11H12F3NO3/c1-7-8(3-2-4-9(7)15)10(16)18-6-17-5-11(12,13)14/h2-4H,5-6,15H2,1H3. The maximum absolute atomic E-state index is 11.7. The van der Waals surface area contributed by atoms with Crippen LogP contribution in [0.1, 0.15) is 15.9 Å². The van der Waals surface area contributed by atoms with Crippen LogP contribution in [0.15, 0.2) is 18.2 Å². The molecule has 0 aliphatic carbocycles. The molecule has 0 saturated carbocycles. The summed E-state index contributed by atoms with van der Waals surface area (Å²) in [5, 5.41) is 0. The zero-order chi connectivity index (χ0) is 13.8. The molecule has 0 unspecified atom stereocenters. The summed E-state index contributed by atoms with van der Waals surface area (Å²) in [5.41, 5.74) is 6.70. The van der Waals surface area contributed by atoms with Gasteiger partial charge in [-0.15, -0.1) is 0 Å². The summed E-state index contributed by atoms with van der Waals surface area (Å²) in [7, 11) is 0. The smallest absolute Gasteiger partial charge is 0.411 e. The van der Waals surface area contributed by atoms with Crippen LogP contribution in [0.2, 0.25) is 0 Å².